The second kappa shape index (κ2) is 4.20. The van der Waals surface area contributed by atoms with Crippen LogP contribution >= 0.6 is 0 Å². The lowest BCUT2D eigenvalue weighted by Gasteiger charge is -2.36. The molecular weight excluding hydrogens is 222 g/mol. The van der Waals surface area contributed by atoms with Crippen molar-refractivity contribution < 1.29 is 19.4 Å². The van der Waals surface area contributed by atoms with Crippen LogP contribution in [0.4, 0.5) is 4.79 Å². The summed E-state index contributed by atoms with van der Waals surface area (Å²) in [6, 6.07) is 0. The van der Waals surface area contributed by atoms with Gasteiger partial charge in [0, 0.05) is 7.05 Å². The Bertz CT molecular complexity index is 330. The molecule has 0 bridgehead atoms. The van der Waals surface area contributed by atoms with Crippen molar-refractivity contribution in [3.05, 3.63) is 0 Å². The molecule has 1 rings (SSSR count). The van der Waals surface area contributed by atoms with E-state index in [0.717, 1.165) is 12.8 Å². The number of ether oxygens (including phenoxy) is 1. The molecular formula is C12H21NO4. The van der Waals surface area contributed by atoms with Gasteiger partial charge >= 0.3 is 12.1 Å². The Morgan fingerprint density at radius 3 is 2.00 bits per heavy atom. The first kappa shape index (κ1) is 13.8. The molecule has 0 aromatic carbocycles. The molecule has 0 saturated heterocycles. The van der Waals surface area contributed by atoms with Crippen LogP contribution in [0.1, 0.15) is 40.5 Å². The molecule has 0 aromatic heterocycles. The summed E-state index contributed by atoms with van der Waals surface area (Å²) in [7, 11) is 1.49. The first-order chi connectivity index (χ1) is 7.59. The van der Waals surface area contributed by atoms with Crippen LogP contribution in [0.5, 0.6) is 0 Å². The highest BCUT2D eigenvalue weighted by Gasteiger charge is 2.52. The minimum absolute atomic E-state index is 0.0255. The molecule has 0 spiro atoms. The molecule has 0 heterocycles. The lowest BCUT2D eigenvalue weighted by molar-refractivity contribution is -0.150. The zero-order chi connectivity index (χ0) is 13.4. The Labute approximate surface area is 102 Å². The van der Waals surface area contributed by atoms with E-state index in [4.69, 9.17) is 4.74 Å². The van der Waals surface area contributed by atoms with E-state index in [1.807, 2.05) is 0 Å². The first-order valence-corrected chi connectivity index (χ1v) is 5.79. The predicted molar refractivity (Wildman–Crippen MR) is 62.8 cm³/mol. The average molecular weight is 243 g/mol. The van der Waals surface area contributed by atoms with Crippen molar-refractivity contribution in [2.75, 3.05) is 7.05 Å². The zero-order valence-corrected chi connectivity index (χ0v) is 11.1. The summed E-state index contributed by atoms with van der Waals surface area (Å²) in [4.78, 5) is 24.5. The maximum atomic E-state index is 11.9. The second-order valence-electron chi connectivity index (χ2n) is 5.77. The topological polar surface area (TPSA) is 66.8 Å². The van der Waals surface area contributed by atoms with E-state index in [1.54, 1.807) is 27.7 Å². The van der Waals surface area contributed by atoms with Crippen LogP contribution in [-0.4, -0.2) is 40.3 Å². The van der Waals surface area contributed by atoms with Crippen molar-refractivity contribution in [2.45, 2.75) is 51.7 Å². The van der Waals surface area contributed by atoms with Gasteiger partial charge in [-0.25, -0.2) is 9.59 Å². The molecule has 17 heavy (non-hydrogen) atoms. The third-order valence-corrected chi connectivity index (χ3v) is 3.17. The summed E-state index contributed by atoms with van der Waals surface area (Å²) in [5, 5.41) is 9.31. The highest BCUT2D eigenvalue weighted by molar-refractivity contribution is 5.84. The number of rotatable bonds is 3. The van der Waals surface area contributed by atoms with Crippen molar-refractivity contribution in [3.8, 4) is 0 Å². The molecule has 1 amide bonds. The monoisotopic (exact) mass is 243 g/mol. The standard InChI is InChI=1S/C12H21NO4/c1-11(2,3)17-10(16)13(5)12(4,9(14)15)8-6-7-8/h8H,6-7H2,1-5H3,(H,14,15). The molecule has 1 fully saturated rings. The van der Waals surface area contributed by atoms with Gasteiger partial charge in [-0.05, 0) is 46.5 Å². The number of carboxylic acid groups (broad SMARTS) is 1. The smallest absolute Gasteiger partial charge is 0.410 e. The van der Waals surface area contributed by atoms with Crippen LogP contribution in [0.2, 0.25) is 0 Å². The fraction of sp³-hybridized carbons (Fsp3) is 0.833. The molecule has 0 aliphatic heterocycles. The van der Waals surface area contributed by atoms with Crippen molar-refractivity contribution in [3.63, 3.8) is 0 Å². The molecule has 1 N–H and O–H groups in total. The number of hydrogen-bond acceptors (Lipinski definition) is 3. The highest BCUT2D eigenvalue weighted by Crippen LogP contribution is 2.43. The number of nitrogens with zero attached hydrogens (tertiary/aromatic N) is 1. The predicted octanol–water partition coefficient (Wildman–Crippen LogP) is 2.11. The van der Waals surface area contributed by atoms with Gasteiger partial charge in [-0.2, -0.15) is 0 Å². The number of carbonyl (C=O) groups excluding carboxylic acids is 1. The maximum absolute atomic E-state index is 11.9. The van der Waals surface area contributed by atoms with Gasteiger partial charge in [0.2, 0.25) is 0 Å². The van der Waals surface area contributed by atoms with Gasteiger partial charge in [0.15, 0.2) is 0 Å². The normalized spacial score (nSPS) is 19.4. The lowest BCUT2D eigenvalue weighted by Crippen LogP contribution is -2.55. The number of carbonyl (C=O) groups is 2. The summed E-state index contributed by atoms with van der Waals surface area (Å²) in [5.74, 6) is -0.953. The fourth-order valence-corrected chi connectivity index (χ4v) is 1.76. The Balaban J connectivity index is 2.82. The van der Waals surface area contributed by atoms with Gasteiger partial charge in [-0.3, -0.25) is 4.90 Å². The highest BCUT2D eigenvalue weighted by atomic mass is 16.6. The van der Waals surface area contributed by atoms with Crippen LogP contribution in [0.25, 0.3) is 0 Å². The lowest BCUT2D eigenvalue weighted by atomic mass is 9.94. The number of carboxylic acids is 1. The summed E-state index contributed by atoms with van der Waals surface area (Å²) in [5.41, 5.74) is -1.78. The van der Waals surface area contributed by atoms with Crippen molar-refractivity contribution in [2.24, 2.45) is 5.92 Å². The van der Waals surface area contributed by atoms with Gasteiger partial charge < -0.3 is 9.84 Å². The van der Waals surface area contributed by atoms with Crippen molar-refractivity contribution in [1.82, 2.24) is 4.90 Å². The van der Waals surface area contributed by atoms with Crippen molar-refractivity contribution >= 4 is 12.1 Å². The van der Waals surface area contributed by atoms with E-state index in [-0.39, 0.29) is 5.92 Å². The van der Waals surface area contributed by atoms with Gasteiger partial charge in [0.1, 0.15) is 11.1 Å². The Morgan fingerprint density at radius 1 is 1.24 bits per heavy atom. The number of aliphatic carboxylic acids is 1. The van der Waals surface area contributed by atoms with E-state index in [0.29, 0.717) is 0 Å². The third-order valence-electron chi connectivity index (χ3n) is 3.17. The third kappa shape index (κ3) is 2.90. The molecule has 0 aromatic rings. The molecule has 1 aliphatic carbocycles. The van der Waals surface area contributed by atoms with Crippen LogP contribution in [0.3, 0.4) is 0 Å². The molecule has 1 atom stereocenters. The Kier molecular flexibility index (Phi) is 3.41. The largest absolute Gasteiger partial charge is 0.479 e. The van der Waals surface area contributed by atoms with Gasteiger partial charge in [-0.15, -0.1) is 0 Å². The van der Waals surface area contributed by atoms with Gasteiger partial charge in [0.05, 0.1) is 0 Å². The summed E-state index contributed by atoms with van der Waals surface area (Å²) < 4.78 is 5.20. The van der Waals surface area contributed by atoms with E-state index in [9.17, 15) is 14.7 Å². The fourth-order valence-electron chi connectivity index (χ4n) is 1.76. The van der Waals surface area contributed by atoms with Crippen LogP contribution in [-0.2, 0) is 9.53 Å². The quantitative estimate of drug-likeness (QED) is 0.824. The molecule has 1 aliphatic rings. The van der Waals surface area contributed by atoms with E-state index in [2.05, 4.69) is 0 Å². The van der Waals surface area contributed by atoms with Crippen LogP contribution in [0, 0.1) is 5.92 Å². The zero-order valence-electron chi connectivity index (χ0n) is 11.1. The SMILES string of the molecule is CN(C(=O)OC(C)(C)C)C(C)(C(=O)O)C1CC1. The molecule has 98 valence electrons. The van der Waals surface area contributed by atoms with E-state index in [1.165, 1.54) is 11.9 Å². The molecule has 5 heteroatoms. The van der Waals surface area contributed by atoms with E-state index < -0.39 is 23.2 Å². The Hall–Kier alpha value is -1.26. The van der Waals surface area contributed by atoms with E-state index >= 15 is 0 Å². The molecule has 1 unspecified atom stereocenters. The minimum Gasteiger partial charge on any atom is -0.479 e. The van der Waals surface area contributed by atoms with Gasteiger partial charge in [-0.1, -0.05) is 0 Å². The van der Waals surface area contributed by atoms with Crippen LogP contribution in [0.15, 0.2) is 0 Å². The first-order valence-electron chi connectivity index (χ1n) is 5.79. The Morgan fingerprint density at radius 2 is 1.71 bits per heavy atom. The minimum atomic E-state index is -1.16. The van der Waals surface area contributed by atoms with Gasteiger partial charge in [0.25, 0.3) is 0 Å². The molecule has 5 nitrogen and oxygen atoms in total. The molecule has 0 radical (unpaired) electrons. The number of hydrogen-bond donors (Lipinski definition) is 1. The molecule has 1 saturated carbocycles. The van der Waals surface area contributed by atoms with Crippen molar-refractivity contribution in [1.29, 1.82) is 0 Å². The second-order valence-corrected chi connectivity index (χ2v) is 5.77. The number of amides is 1. The summed E-state index contributed by atoms with van der Waals surface area (Å²) >= 11 is 0. The summed E-state index contributed by atoms with van der Waals surface area (Å²) in [6.07, 6.45) is 1.10. The van der Waals surface area contributed by atoms with Crippen LogP contribution < -0.4 is 0 Å². The number of likely N-dealkylation sites (N-methyl/N-ethyl adjacent to an activating group) is 1. The average Bonchev–Trinajstić information content (AvgIpc) is 2.95. The summed E-state index contributed by atoms with van der Waals surface area (Å²) in [6.45, 7) is 6.85. The maximum Gasteiger partial charge on any atom is 0.410 e.